The molecule has 1 heterocycles. The van der Waals surface area contributed by atoms with Crippen LogP contribution in [-0.4, -0.2) is 35.0 Å². The summed E-state index contributed by atoms with van der Waals surface area (Å²) in [5.74, 6) is 5.27. The summed E-state index contributed by atoms with van der Waals surface area (Å²) < 4.78 is 5.35. The molecule has 0 aromatic heterocycles. The van der Waals surface area contributed by atoms with Gasteiger partial charge in [-0.25, -0.2) is 4.79 Å². The van der Waals surface area contributed by atoms with E-state index in [1.54, 1.807) is 0 Å². The molecule has 0 aliphatic carbocycles. The highest BCUT2D eigenvalue weighted by Gasteiger charge is 2.35. The number of nitrogens with zero attached hydrogens (tertiary/aromatic N) is 1. The van der Waals surface area contributed by atoms with E-state index in [0.717, 1.165) is 12.0 Å². The topological polar surface area (TPSA) is 46.6 Å². The zero-order chi connectivity index (χ0) is 16.2. The van der Waals surface area contributed by atoms with Gasteiger partial charge < -0.3 is 4.74 Å². The Bertz CT molecular complexity index is 605. The van der Waals surface area contributed by atoms with Crippen molar-refractivity contribution in [1.82, 2.24) is 4.90 Å². The number of Topliss-reactive ketones (excluding diaryl/α,β-unsaturated/α-hetero) is 1. The minimum absolute atomic E-state index is 0.229. The monoisotopic (exact) mass is 299 g/mol. The van der Waals surface area contributed by atoms with Crippen LogP contribution >= 0.6 is 0 Å². The Hall–Kier alpha value is -2.28. The highest BCUT2D eigenvalue weighted by Crippen LogP contribution is 2.21. The van der Waals surface area contributed by atoms with E-state index in [1.165, 1.54) is 4.90 Å². The molecule has 116 valence electrons. The van der Waals surface area contributed by atoms with Crippen molar-refractivity contribution >= 4 is 11.9 Å². The number of rotatable bonds is 1. The molecule has 1 unspecified atom stereocenters. The van der Waals surface area contributed by atoms with Crippen LogP contribution in [0.25, 0.3) is 0 Å². The van der Waals surface area contributed by atoms with Crippen molar-refractivity contribution in [1.29, 1.82) is 0 Å². The Labute approximate surface area is 131 Å². The molecule has 1 aliphatic rings. The number of amides is 1. The highest BCUT2D eigenvalue weighted by atomic mass is 16.6. The predicted octanol–water partition coefficient (Wildman–Crippen LogP) is 3.01. The lowest BCUT2D eigenvalue weighted by molar-refractivity contribution is -0.117. The largest absolute Gasteiger partial charge is 0.444 e. The van der Waals surface area contributed by atoms with E-state index in [-0.39, 0.29) is 5.78 Å². The van der Waals surface area contributed by atoms with Gasteiger partial charge in [0, 0.05) is 12.1 Å². The first-order valence-electron chi connectivity index (χ1n) is 7.47. The van der Waals surface area contributed by atoms with Crippen LogP contribution in [-0.2, 0) is 9.53 Å². The van der Waals surface area contributed by atoms with Crippen molar-refractivity contribution in [3.63, 3.8) is 0 Å². The van der Waals surface area contributed by atoms with Gasteiger partial charge >= 0.3 is 6.09 Å². The van der Waals surface area contributed by atoms with Crippen molar-refractivity contribution in [3.8, 4) is 11.8 Å². The van der Waals surface area contributed by atoms with E-state index in [1.807, 2.05) is 51.1 Å². The van der Waals surface area contributed by atoms with Gasteiger partial charge in [-0.15, -0.1) is 0 Å². The number of carbonyl (C=O) groups excluding carboxylic acids is 2. The van der Waals surface area contributed by atoms with E-state index < -0.39 is 17.7 Å². The first-order chi connectivity index (χ1) is 10.4. The maximum atomic E-state index is 12.3. The van der Waals surface area contributed by atoms with E-state index in [0.29, 0.717) is 13.0 Å². The van der Waals surface area contributed by atoms with Crippen LogP contribution in [0.1, 0.15) is 39.2 Å². The summed E-state index contributed by atoms with van der Waals surface area (Å²) in [6.45, 7) is 5.98. The molecule has 1 amide bonds. The molecule has 0 radical (unpaired) electrons. The smallest absolute Gasteiger partial charge is 0.410 e. The average molecular weight is 299 g/mol. The fourth-order valence-electron chi connectivity index (χ4n) is 2.32. The molecule has 22 heavy (non-hydrogen) atoms. The zero-order valence-corrected chi connectivity index (χ0v) is 13.3. The Balaban J connectivity index is 2.06. The van der Waals surface area contributed by atoms with Crippen LogP contribution in [0.5, 0.6) is 0 Å². The summed E-state index contributed by atoms with van der Waals surface area (Å²) in [5, 5.41) is 0. The number of carbonyl (C=O) groups is 2. The molecule has 0 bridgehead atoms. The summed E-state index contributed by atoms with van der Waals surface area (Å²) >= 11 is 0. The Morgan fingerprint density at radius 3 is 2.55 bits per heavy atom. The van der Waals surface area contributed by atoms with Gasteiger partial charge in [0.2, 0.25) is 5.78 Å². The van der Waals surface area contributed by atoms with Crippen LogP contribution in [0.2, 0.25) is 0 Å². The van der Waals surface area contributed by atoms with E-state index >= 15 is 0 Å². The van der Waals surface area contributed by atoms with Crippen LogP contribution in [0, 0.1) is 11.8 Å². The SMILES string of the molecule is CC(C)(C)OC(=O)N1CCCC1C(=O)C#Cc1ccccc1. The molecule has 0 spiro atoms. The lowest BCUT2D eigenvalue weighted by atomic mass is 10.1. The number of ketones is 1. The third-order valence-corrected chi connectivity index (χ3v) is 3.29. The lowest BCUT2D eigenvalue weighted by Crippen LogP contribution is -2.43. The second kappa shape index (κ2) is 6.65. The summed E-state index contributed by atoms with van der Waals surface area (Å²) in [4.78, 5) is 25.9. The molecule has 2 rings (SSSR count). The molecule has 1 aromatic rings. The average Bonchev–Trinajstić information content (AvgIpc) is 2.93. The fourth-order valence-corrected chi connectivity index (χ4v) is 2.32. The lowest BCUT2D eigenvalue weighted by Gasteiger charge is -2.27. The first-order valence-corrected chi connectivity index (χ1v) is 7.47. The molecular formula is C18H21NO3. The number of ether oxygens (including phenoxy) is 1. The van der Waals surface area contributed by atoms with Crippen molar-refractivity contribution in [3.05, 3.63) is 35.9 Å². The summed E-state index contributed by atoms with van der Waals surface area (Å²) in [6.07, 6.45) is 0.995. The van der Waals surface area contributed by atoms with Crippen LogP contribution in [0.15, 0.2) is 30.3 Å². The number of hydrogen-bond acceptors (Lipinski definition) is 3. The molecule has 0 N–H and O–H groups in total. The number of hydrogen-bond donors (Lipinski definition) is 0. The van der Waals surface area contributed by atoms with E-state index in [9.17, 15) is 9.59 Å². The van der Waals surface area contributed by atoms with Gasteiger partial charge in [0.05, 0.1) is 0 Å². The van der Waals surface area contributed by atoms with Gasteiger partial charge in [-0.3, -0.25) is 9.69 Å². The predicted molar refractivity (Wildman–Crippen MR) is 84.3 cm³/mol. The van der Waals surface area contributed by atoms with Crippen molar-refractivity contribution in [2.24, 2.45) is 0 Å². The van der Waals surface area contributed by atoms with Crippen molar-refractivity contribution < 1.29 is 14.3 Å². The van der Waals surface area contributed by atoms with Gasteiger partial charge in [-0.2, -0.15) is 0 Å². The minimum Gasteiger partial charge on any atom is -0.444 e. The number of likely N-dealkylation sites (tertiary alicyclic amines) is 1. The normalized spacial score (nSPS) is 17.6. The van der Waals surface area contributed by atoms with Gasteiger partial charge in [0.25, 0.3) is 0 Å². The molecule has 4 heteroatoms. The number of benzene rings is 1. The Morgan fingerprint density at radius 2 is 1.91 bits per heavy atom. The molecule has 0 saturated carbocycles. The molecule has 1 fully saturated rings. The van der Waals surface area contributed by atoms with Gasteiger partial charge in [0.1, 0.15) is 11.6 Å². The molecular weight excluding hydrogens is 278 g/mol. The third kappa shape index (κ3) is 4.36. The molecule has 4 nitrogen and oxygen atoms in total. The Kier molecular flexibility index (Phi) is 4.87. The van der Waals surface area contributed by atoms with E-state index in [4.69, 9.17) is 4.74 Å². The maximum Gasteiger partial charge on any atom is 0.410 e. The first kappa shape index (κ1) is 16.1. The molecule has 1 atom stereocenters. The quantitative estimate of drug-likeness (QED) is 0.749. The van der Waals surface area contributed by atoms with Gasteiger partial charge in [0.15, 0.2) is 0 Å². The summed E-state index contributed by atoms with van der Waals surface area (Å²) in [7, 11) is 0. The molecule has 1 saturated heterocycles. The second-order valence-corrected chi connectivity index (χ2v) is 6.31. The summed E-state index contributed by atoms with van der Waals surface area (Å²) in [5.41, 5.74) is 0.223. The van der Waals surface area contributed by atoms with Crippen LogP contribution in [0.4, 0.5) is 4.79 Å². The van der Waals surface area contributed by atoms with Crippen molar-refractivity contribution in [2.75, 3.05) is 6.54 Å². The zero-order valence-electron chi connectivity index (χ0n) is 13.3. The van der Waals surface area contributed by atoms with Crippen LogP contribution in [0.3, 0.4) is 0 Å². The second-order valence-electron chi connectivity index (χ2n) is 6.31. The van der Waals surface area contributed by atoms with E-state index in [2.05, 4.69) is 11.8 Å². The van der Waals surface area contributed by atoms with Gasteiger partial charge in [-0.05, 0) is 51.7 Å². The minimum atomic E-state index is -0.566. The third-order valence-electron chi connectivity index (χ3n) is 3.29. The van der Waals surface area contributed by atoms with Crippen LogP contribution < -0.4 is 0 Å². The molecule has 1 aliphatic heterocycles. The summed E-state index contributed by atoms with van der Waals surface area (Å²) in [6, 6.07) is 8.84. The standard InChI is InChI=1S/C18H21NO3/c1-18(2,3)22-17(21)19-13-7-10-15(19)16(20)12-11-14-8-5-4-6-9-14/h4-6,8-9,15H,7,10,13H2,1-3H3. The maximum absolute atomic E-state index is 12.3. The highest BCUT2D eigenvalue weighted by molar-refractivity contribution is 6.01. The van der Waals surface area contributed by atoms with Gasteiger partial charge in [-0.1, -0.05) is 24.1 Å². The Morgan fingerprint density at radius 1 is 1.23 bits per heavy atom. The molecule has 1 aromatic carbocycles. The van der Waals surface area contributed by atoms with Crippen molar-refractivity contribution in [2.45, 2.75) is 45.3 Å². The fraction of sp³-hybridized carbons (Fsp3) is 0.444.